The topological polar surface area (TPSA) is 56.5 Å². The lowest BCUT2D eigenvalue weighted by molar-refractivity contribution is 0.782. The van der Waals surface area contributed by atoms with E-state index in [0.29, 0.717) is 16.7 Å². The van der Waals surface area contributed by atoms with E-state index in [9.17, 15) is 0 Å². The Morgan fingerprint density at radius 3 is 2.90 bits per heavy atom. The summed E-state index contributed by atoms with van der Waals surface area (Å²) in [5.74, 6) is 1.27. The lowest BCUT2D eigenvalue weighted by Gasteiger charge is -2.02. The quantitative estimate of drug-likeness (QED) is 0.522. The standard InChI is InChI=1S/C12H9BrClN5S/c1-19-12-8(5-16-19)11(14)17-9(18-12)6-20-10-3-2-7(13)4-15-10/h2-5H,6H2,1H3. The Morgan fingerprint density at radius 2 is 2.15 bits per heavy atom. The van der Waals surface area contributed by atoms with Crippen LogP contribution in [0.25, 0.3) is 11.0 Å². The van der Waals surface area contributed by atoms with Crippen LogP contribution in [0.4, 0.5) is 0 Å². The number of hydrogen-bond donors (Lipinski definition) is 0. The van der Waals surface area contributed by atoms with Gasteiger partial charge in [-0.05, 0) is 28.1 Å². The van der Waals surface area contributed by atoms with E-state index in [1.807, 2.05) is 19.2 Å². The molecule has 0 radical (unpaired) electrons. The van der Waals surface area contributed by atoms with E-state index >= 15 is 0 Å². The Hall–Kier alpha value is -1.18. The van der Waals surface area contributed by atoms with Crippen molar-refractivity contribution in [2.24, 2.45) is 7.05 Å². The molecule has 0 bridgehead atoms. The molecule has 0 spiro atoms. The van der Waals surface area contributed by atoms with Crippen LogP contribution >= 0.6 is 39.3 Å². The summed E-state index contributed by atoms with van der Waals surface area (Å²) >= 11 is 11.1. The van der Waals surface area contributed by atoms with Crippen LogP contribution < -0.4 is 0 Å². The van der Waals surface area contributed by atoms with E-state index in [0.717, 1.165) is 20.5 Å². The molecule has 0 aromatic carbocycles. The van der Waals surface area contributed by atoms with Gasteiger partial charge in [0.15, 0.2) is 5.65 Å². The van der Waals surface area contributed by atoms with Crippen molar-refractivity contribution in [2.45, 2.75) is 10.8 Å². The van der Waals surface area contributed by atoms with Gasteiger partial charge in [-0.1, -0.05) is 23.4 Å². The Kier molecular flexibility index (Phi) is 3.91. The van der Waals surface area contributed by atoms with Crippen molar-refractivity contribution in [3.63, 3.8) is 0 Å². The predicted octanol–water partition coefficient (Wildman–Crippen LogP) is 3.47. The van der Waals surface area contributed by atoms with Crippen molar-refractivity contribution < 1.29 is 0 Å². The lowest BCUT2D eigenvalue weighted by Crippen LogP contribution is -1.98. The number of nitrogens with zero attached hydrogens (tertiary/aromatic N) is 5. The summed E-state index contributed by atoms with van der Waals surface area (Å²) in [6.07, 6.45) is 3.44. The molecule has 5 nitrogen and oxygen atoms in total. The molecule has 0 aliphatic heterocycles. The first-order valence-electron chi connectivity index (χ1n) is 5.72. The van der Waals surface area contributed by atoms with Crippen LogP contribution in [0.5, 0.6) is 0 Å². The molecule has 0 saturated carbocycles. The first-order valence-corrected chi connectivity index (χ1v) is 7.87. The van der Waals surface area contributed by atoms with Crippen LogP contribution in [0.2, 0.25) is 5.15 Å². The minimum atomic E-state index is 0.433. The molecule has 8 heteroatoms. The average molecular weight is 371 g/mol. The van der Waals surface area contributed by atoms with Crippen LogP contribution in [-0.2, 0) is 12.8 Å². The van der Waals surface area contributed by atoms with Gasteiger partial charge in [0.05, 0.1) is 22.4 Å². The molecular formula is C12H9BrClN5S. The number of aromatic nitrogens is 5. The molecule has 3 aromatic heterocycles. The summed E-state index contributed by atoms with van der Waals surface area (Å²) in [6.45, 7) is 0. The highest BCUT2D eigenvalue weighted by Crippen LogP contribution is 2.24. The smallest absolute Gasteiger partial charge is 0.162 e. The molecule has 0 amide bonds. The number of aryl methyl sites for hydroxylation is 1. The maximum absolute atomic E-state index is 6.14. The zero-order chi connectivity index (χ0) is 14.1. The van der Waals surface area contributed by atoms with Gasteiger partial charge in [-0.2, -0.15) is 5.10 Å². The van der Waals surface area contributed by atoms with Crippen LogP contribution in [0.1, 0.15) is 5.82 Å². The lowest BCUT2D eigenvalue weighted by atomic mass is 10.4. The summed E-state index contributed by atoms with van der Waals surface area (Å²) < 4.78 is 2.65. The zero-order valence-electron chi connectivity index (χ0n) is 10.4. The fourth-order valence-electron chi connectivity index (χ4n) is 1.68. The van der Waals surface area contributed by atoms with Crippen molar-refractivity contribution in [3.8, 4) is 0 Å². The highest BCUT2D eigenvalue weighted by atomic mass is 79.9. The third kappa shape index (κ3) is 2.79. The average Bonchev–Trinajstić information content (AvgIpc) is 2.81. The van der Waals surface area contributed by atoms with Gasteiger partial charge >= 0.3 is 0 Å². The van der Waals surface area contributed by atoms with E-state index < -0.39 is 0 Å². The highest BCUT2D eigenvalue weighted by Gasteiger charge is 2.10. The summed E-state index contributed by atoms with van der Waals surface area (Å²) in [5.41, 5.74) is 0.740. The Labute approximate surface area is 132 Å². The molecule has 0 saturated heterocycles. The van der Waals surface area contributed by atoms with Gasteiger partial charge in [0.2, 0.25) is 0 Å². The monoisotopic (exact) mass is 369 g/mol. The van der Waals surface area contributed by atoms with E-state index in [-0.39, 0.29) is 0 Å². The van der Waals surface area contributed by atoms with Crippen molar-refractivity contribution in [3.05, 3.63) is 40.0 Å². The molecule has 0 fully saturated rings. The fourth-order valence-corrected chi connectivity index (χ4v) is 2.84. The minimum Gasteiger partial charge on any atom is -0.250 e. The molecular weight excluding hydrogens is 362 g/mol. The molecule has 20 heavy (non-hydrogen) atoms. The number of thioether (sulfide) groups is 1. The van der Waals surface area contributed by atoms with Crippen LogP contribution in [0.15, 0.2) is 34.0 Å². The Morgan fingerprint density at radius 1 is 1.30 bits per heavy atom. The van der Waals surface area contributed by atoms with Crippen LogP contribution in [0, 0.1) is 0 Å². The summed E-state index contributed by atoms with van der Waals surface area (Å²) in [4.78, 5) is 13.1. The van der Waals surface area contributed by atoms with Crippen molar-refractivity contribution in [1.82, 2.24) is 24.7 Å². The first-order chi connectivity index (χ1) is 9.63. The summed E-state index contributed by atoms with van der Waals surface area (Å²) in [5, 5.41) is 6.25. The molecule has 0 N–H and O–H groups in total. The van der Waals surface area contributed by atoms with Gasteiger partial charge in [0.25, 0.3) is 0 Å². The van der Waals surface area contributed by atoms with Crippen molar-refractivity contribution in [1.29, 1.82) is 0 Å². The second-order valence-corrected chi connectivity index (χ2v) is 6.31. The molecule has 0 atom stereocenters. The number of hydrogen-bond acceptors (Lipinski definition) is 5. The predicted molar refractivity (Wildman–Crippen MR) is 82.8 cm³/mol. The number of rotatable bonds is 3. The Balaban J connectivity index is 1.83. The SMILES string of the molecule is Cn1ncc2c(Cl)nc(CSc3ccc(Br)cn3)nc21. The number of halogens is 2. The Bertz CT molecular complexity index is 758. The van der Waals surface area contributed by atoms with Gasteiger partial charge < -0.3 is 0 Å². The highest BCUT2D eigenvalue weighted by molar-refractivity contribution is 9.10. The number of fused-ring (bicyclic) bond motifs is 1. The molecule has 3 heterocycles. The zero-order valence-corrected chi connectivity index (χ0v) is 13.6. The van der Waals surface area contributed by atoms with Crippen LogP contribution in [-0.4, -0.2) is 24.7 Å². The maximum atomic E-state index is 6.14. The van der Waals surface area contributed by atoms with Crippen molar-refractivity contribution in [2.75, 3.05) is 0 Å². The van der Waals surface area contributed by atoms with Crippen molar-refractivity contribution >= 4 is 50.3 Å². The van der Waals surface area contributed by atoms with Gasteiger partial charge in [-0.3, -0.25) is 4.68 Å². The van der Waals surface area contributed by atoms with Crippen LogP contribution in [0.3, 0.4) is 0 Å². The van der Waals surface area contributed by atoms with Gasteiger partial charge in [0.1, 0.15) is 11.0 Å². The molecule has 0 unspecified atom stereocenters. The molecule has 3 rings (SSSR count). The fraction of sp³-hybridized carbons (Fsp3) is 0.167. The third-order valence-electron chi connectivity index (χ3n) is 2.64. The number of pyridine rings is 1. The van der Waals surface area contributed by atoms with Gasteiger partial charge in [0, 0.05) is 17.7 Å². The van der Waals surface area contributed by atoms with E-state index in [2.05, 4.69) is 36.0 Å². The summed E-state index contributed by atoms with van der Waals surface area (Å²) in [7, 11) is 1.83. The summed E-state index contributed by atoms with van der Waals surface area (Å²) in [6, 6.07) is 3.90. The first kappa shape index (κ1) is 13.8. The molecule has 0 aliphatic rings. The minimum absolute atomic E-state index is 0.433. The second-order valence-electron chi connectivity index (χ2n) is 4.04. The molecule has 0 aliphatic carbocycles. The largest absolute Gasteiger partial charge is 0.250 e. The molecule has 102 valence electrons. The van der Waals surface area contributed by atoms with Gasteiger partial charge in [-0.25, -0.2) is 15.0 Å². The van der Waals surface area contributed by atoms with E-state index in [4.69, 9.17) is 11.6 Å². The second kappa shape index (κ2) is 5.67. The molecule has 3 aromatic rings. The normalized spacial score (nSPS) is 11.2. The van der Waals surface area contributed by atoms with E-state index in [1.165, 1.54) is 0 Å². The van der Waals surface area contributed by atoms with E-state index in [1.54, 1.807) is 28.8 Å². The maximum Gasteiger partial charge on any atom is 0.162 e. The van der Waals surface area contributed by atoms with Gasteiger partial charge in [-0.15, -0.1) is 0 Å². The third-order valence-corrected chi connectivity index (χ3v) is 4.34.